The molecule has 124 valence electrons. The topological polar surface area (TPSA) is 71.1 Å². The second-order valence-electron chi connectivity index (χ2n) is 5.09. The third-order valence-electron chi connectivity index (χ3n) is 3.51. The molecule has 0 atom stereocenters. The summed E-state index contributed by atoms with van der Waals surface area (Å²) in [6, 6.07) is 11.4. The summed E-state index contributed by atoms with van der Waals surface area (Å²) in [6.45, 7) is 0.857. The van der Waals surface area contributed by atoms with E-state index >= 15 is 0 Å². The highest BCUT2D eigenvalue weighted by Gasteiger charge is 2.15. The van der Waals surface area contributed by atoms with Crippen LogP contribution < -0.4 is 14.2 Å². The Labute approximate surface area is 138 Å². The molecule has 24 heavy (non-hydrogen) atoms. The van der Waals surface area contributed by atoms with Crippen molar-refractivity contribution in [3.05, 3.63) is 53.6 Å². The highest BCUT2D eigenvalue weighted by molar-refractivity contribution is 5.98. The van der Waals surface area contributed by atoms with Crippen LogP contribution in [0.3, 0.4) is 0 Å². The van der Waals surface area contributed by atoms with Gasteiger partial charge in [0.25, 0.3) is 0 Å². The second-order valence-corrected chi connectivity index (χ2v) is 5.09. The van der Waals surface area contributed by atoms with Crippen molar-refractivity contribution in [3.8, 4) is 17.2 Å². The maximum atomic E-state index is 12.2. The standard InChI is InChI=1S/C18H16O6/c1-21-18(20)12-2-5-14(6-3-12)24-11-15(19)13-4-7-16-17(10-13)23-9-8-22-16/h2-7,10H,8-9,11H2,1H3. The van der Waals surface area contributed by atoms with E-state index in [0.717, 1.165) is 0 Å². The van der Waals surface area contributed by atoms with E-state index in [1.165, 1.54) is 7.11 Å². The molecule has 0 amide bonds. The molecule has 0 aromatic heterocycles. The van der Waals surface area contributed by atoms with E-state index in [2.05, 4.69) is 4.74 Å². The number of rotatable bonds is 5. The monoisotopic (exact) mass is 328 g/mol. The third-order valence-corrected chi connectivity index (χ3v) is 3.51. The zero-order valence-corrected chi connectivity index (χ0v) is 13.1. The van der Waals surface area contributed by atoms with Crippen LogP contribution in [0.5, 0.6) is 17.2 Å². The van der Waals surface area contributed by atoms with Crippen LogP contribution in [-0.2, 0) is 4.74 Å². The molecular formula is C18H16O6. The molecule has 2 aromatic carbocycles. The van der Waals surface area contributed by atoms with Crippen LogP contribution in [0.2, 0.25) is 0 Å². The fourth-order valence-electron chi connectivity index (χ4n) is 2.25. The van der Waals surface area contributed by atoms with Crippen LogP contribution in [0.25, 0.3) is 0 Å². The normalized spacial score (nSPS) is 12.4. The van der Waals surface area contributed by atoms with Crippen molar-refractivity contribution < 1.29 is 28.5 Å². The first-order chi connectivity index (χ1) is 11.7. The van der Waals surface area contributed by atoms with E-state index in [0.29, 0.717) is 41.6 Å². The third kappa shape index (κ3) is 3.48. The number of fused-ring (bicyclic) bond motifs is 1. The van der Waals surface area contributed by atoms with E-state index in [-0.39, 0.29) is 12.4 Å². The molecule has 6 heteroatoms. The van der Waals surface area contributed by atoms with Crippen LogP contribution in [0.15, 0.2) is 42.5 Å². The molecule has 0 spiro atoms. The number of ether oxygens (including phenoxy) is 4. The van der Waals surface area contributed by atoms with Crippen LogP contribution in [-0.4, -0.2) is 38.7 Å². The summed E-state index contributed by atoms with van der Waals surface area (Å²) in [6.07, 6.45) is 0. The lowest BCUT2D eigenvalue weighted by atomic mass is 10.1. The Morgan fingerprint density at radius 1 is 0.958 bits per heavy atom. The van der Waals surface area contributed by atoms with Gasteiger partial charge in [0.2, 0.25) is 0 Å². The molecule has 0 unspecified atom stereocenters. The van der Waals surface area contributed by atoms with Gasteiger partial charge in [-0.3, -0.25) is 4.79 Å². The van der Waals surface area contributed by atoms with Crippen molar-refractivity contribution in [1.29, 1.82) is 0 Å². The molecule has 2 aromatic rings. The van der Waals surface area contributed by atoms with Gasteiger partial charge in [-0.05, 0) is 42.5 Å². The summed E-state index contributed by atoms with van der Waals surface area (Å²) in [5.41, 5.74) is 0.911. The van der Waals surface area contributed by atoms with Gasteiger partial charge in [-0.2, -0.15) is 0 Å². The number of ketones is 1. The summed E-state index contributed by atoms with van der Waals surface area (Å²) >= 11 is 0. The second kappa shape index (κ2) is 7.04. The number of methoxy groups -OCH3 is 1. The fourth-order valence-corrected chi connectivity index (χ4v) is 2.25. The Kier molecular flexibility index (Phi) is 4.65. The molecule has 1 heterocycles. The maximum Gasteiger partial charge on any atom is 0.337 e. The van der Waals surface area contributed by atoms with Gasteiger partial charge in [-0.15, -0.1) is 0 Å². The molecule has 0 N–H and O–H groups in total. The van der Waals surface area contributed by atoms with E-state index in [9.17, 15) is 9.59 Å². The smallest absolute Gasteiger partial charge is 0.337 e. The lowest BCUT2D eigenvalue weighted by Crippen LogP contribution is -2.17. The van der Waals surface area contributed by atoms with Gasteiger partial charge in [0.15, 0.2) is 23.9 Å². The molecule has 0 radical (unpaired) electrons. The fraction of sp³-hybridized carbons (Fsp3) is 0.222. The Balaban J connectivity index is 1.62. The van der Waals surface area contributed by atoms with Crippen LogP contribution in [0.4, 0.5) is 0 Å². The molecule has 1 aliphatic heterocycles. The van der Waals surface area contributed by atoms with Crippen LogP contribution in [0.1, 0.15) is 20.7 Å². The van der Waals surface area contributed by atoms with Gasteiger partial charge in [0.05, 0.1) is 12.7 Å². The van der Waals surface area contributed by atoms with E-state index in [1.54, 1.807) is 42.5 Å². The predicted octanol–water partition coefficient (Wildman–Crippen LogP) is 2.51. The average Bonchev–Trinajstić information content (AvgIpc) is 2.65. The maximum absolute atomic E-state index is 12.2. The number of esters is 1. The quantitative estimate of drug-likeness (QED) is 0.620. The molecular weight excluding hydrogens is 312 g/mol. The van der Waals surface area contributed by atoms with Gasteiger partial charge >= 0.3 is 5.97 Å². The van der Waals surface area contributed by atoms with Gasteiger partial charge in [0, 0.05) is 5.56 Å². The minimum Gasteiger partial charge on any atom is -0.486 e. The van der Waals surface area contributed by atoms with Crippen molar-refractivity contribution >= 4 is 11.8 Å². The Hall–Kier alpha value is -3.02. The molecule has 0 saturated carbocycles. The molecule has 6 nitrogen and oxygen atoms in total. The van der Waals surface area contributed by atoms with Crippen molar-refractivity contribution in [2.45, 2.75) is 0 Å². The van der Waals surface area contributed by atoms with Crippen molar-refractivity contribution in [3.63, 3.8) is 0 Å². The van der Waals surface area contributed by atoms with Crippen LogP contribution in [0, 0.1) is 0 Å². The molecule has 0 bridgehead atoms. The van der Waals surface area contributed by atoms with Gasteiger partial charge < -0.3 is 18.9 Å². The lowest BCUT2D eigenvalue weighted by molar-refractivity contribution is 0.0600. The highest BCUT2D eigenvalue weighted by Crippen LogP contribution is 2.30. The van der Waals surface area contributed by atoms with Crippen molar-refractivity contribution in [1.82, 2.24) is 0 Å². The summed E-state index contributed by atoms with van der Waals surface area (Å²) in [7, 11) is 1.32. The zero-order chi connectivity index (χ0) is 16.9. The number of carbonyl (C=O) groups is 2. The number of benzene rings is 2. The summed E-state index contributed by atoms with van der Waals surface area (Å²) in [4.78, 5) is 23.6. The van der Waals surface area contributed by atoms with E-state index in [1.807, 2.05) is 0 Å². The van der Waals surface area contributed by atoms with Crippen molar-refractivity contribution in [2.24, 2.45) is 0 Å². The zero-order valence-electron chi connectivity index (χ0n) is 13.1. The Bertz CT molecular complexity index is 751. The predicted molar refractivity (Wildman–Crippen MR) is 85.0 cm³/mol. The number of carbonyl (C=O) groups excluding carboxylic acids is 2. The largest absolute Gasteiger partial charge is 0.486 e. The van der Waals surface area contributed by atoms with Gasteiger partial charge in [-0.25, -0.2) is 4.79 Å². The number of Topliss-reactive ketones (excluding diaryl/α,β-unsaturated/α-hetero) is 1. The molecule has 1 aliphatic rings. The Morgan fingerprint density at radius 2 is 1.62 bits per heavy atom. The molecule has 3 rings (SSSR count). The summed E-state index contributed by atoms with van der Waals surface area (Å²) in [5, 5.41) is 0. The summed E-state index contributed by atoms with van der Waals surface area (Å²) in [5.74, 6) is 1.10. The van der Waals surface area contributed by atoms with Gasteiger partial charge in [0.1, 0.15) is 19.0 Å². The lowest BCUT2D eigenvalue weighted by Gasteiger charge is -2.18. The minimum atomic E-state index is -0.422. The first-order valence-electron chi connectivity index (χ1n) is 7.41. The molecule has 0 aliphatic carbocycles. The van der Waals surface area contributed by atoms with Gasteiger partial charge in [-0.1, -0.05) is 0 Å². The molecule has 0 fully saturated rings. The van der Waals surface area contributed by atoms with E-state index < -0.39 is 5.97 Å². The Morgan fingerprint density at radius 3 is 2.33 bits per heavy atom. The van der Waals surface area contributed by atoms with Crippen molar-refractivity contribution in [2.75, 3.05) is 26.9 Å². The summed E-state index contributed by atoms with van der Waals surface area (Å²) < 4.78 is 21.0. The number of hydrogen-bond donors (Lipinski definition) is 0. The SMILES string of the molecule is COC(=O)c1ccc(OCC(=O)c2ccc3c(c2)OCCO3)cc1. The highest BCUT2D eigenvalue weighted by atomic mass is 16.6. The average molecular weight is 328 g/mol. The minimum absolute atomic E-state index is 0.114. The molecule has 0 saturated heterocycles. The van der Waals surface area contributed by atoms with E-state index in [4.69, 9.17) is 14.2 Å². The first kappa shape index (κ1) is 15.9. The first-order valence-corrected chi connectivity index (χ1v) is 7.41. The number of hydrogen-bond acceptors (Lipinski definition) is 6. The van der Waals surface area contributed by atoms with Crippen LogP contribution >= 0.6 is 0 Å².